The number of methoxy groups -OCH3 is 1. The Labute approximate surface area is 203 Å². The molecule has 0 saturated carbocycles. The van der Waals surface area contributed by atoms with Gasteiger partial charge in [0.05, 0.1) is 29.7 Å². The van der Waals surface area contributed by atoms with Crippen LogP contribution in [0.2, 0.25) is 5.02 Å². The highest BCUT2D eigenvalue weighted by molar-refractivity contribution is 6.30. The summed E-state index contributed by atoms with van der Waals surface area (Å²) in [7, 11) is 1.60. The van der Waals surface area contributed by atoms with Gasteiger partial charge in [-0.1, -0.05) is 30.7 Å². The summed E-state index contributed by atoms with van der Waals surface area (Å²) in [5.74, 6) is 1.06. The first kappa shape index (κ1) is 23.5. The van der Waals surface area contributed by atoms with E-state index in [0.29, 0.717) is 51.7 Å². The van der Waals surface area contributed by atoms with Gasteiger partial charge in [-0.05, 0) is 74.0 Å². The van der Waals surface area contributed by atoms with Gasteiger partial charge in [-0.3, -0.25) is 14.2 Å². The molecule has 1 unspecified atom stereocenters. The second-order valence-corrected chi connectivity index (χ2v) is 8.28. The second-order valence-electron chi connectivity index (χ2n) is 7.85. The Bertz CT molecular complexity index is 1370. The van der Waals surface area contributed by atoms with Gasteiger partial charge in [-0.15, -0.1) is 0 Å². The van der Waals surface area contributed by atoms with Crippen molar-refractivity contribution in [1.29, 1.82) is 0 Å². The van der Waals surface area contributed by atoms with E-state index in [1.165, 1.54) is 0 Å². The molecular weight excluding hydrogens is 450 g/mol. The molecule has 0 saturated heterocycles. The van der Waals surface area contributed by atoms with E-state index in [2.05, 4.69) is 0 Å². The topological polar surface area (TPSA) is 64.4 Å². The molecule has 0 fully saturated rings. The number of para-hydroxylation sites is 1. The molecule has 0 bridgehead atoms. The smallest absolute Gasteiger partial charge is 0.266 e. The number of benzene rings is 3. The van der Waals surface area contributed by atoms with Gasteiger partial charge in [-0.2, -0.15) is 0 Å². The van der Waals surface area contributed by atoms with Gasteiger partial charge in [-0.25, -0.2) is 4.98 Å². The largest absolute Gasteiger partial charge is 0.497 e. The lowest BCUT2D eigenvalue weighted by molar-refractivity contribution is 0.0672. The predicted molar refractivity (Wildman–Crippen MR) is 135 cm³/mol. The highest BCUT2D eigenvalue weighted by atomic mass is 35.5. The van der Waals surface area contributed by atoms with Crippen LogP contribution in [-0.4, -0.2) is 34.0 Å². The van der Waals surface area contributed by atoms with Crippen LogP contribution >= 0.6 is 11.6 Å². The van der Waals surface area contributed by atoms with Crippen LogP contribution < -0.4 is 10.3 Å². The molecular formula is C27H26ClN3O3. The van der Waals surface area contributed by atoms with Crippen molar-refractivity contribution in [3.63, 3.8) is 0 Å². The molecule has 4 rings (SSSR count). The Morgan fingerprint density at radius 3 is 2.32 bits per heavy atom. The van der Waals surface area contributed by atoms with E-state index in [1.54, 1.807) is 59.0 Å². The fraction of sp³-hybridized carbons (Fsp3) is 0.222. The molecule has 1 aromatic heterocycles. The minimum absolute atomic E-state index is 0.144. The van der Waals surface area contributed by atoms with E-state index in [4.69, 9.17) is 21.3 Å². The number of carbonyl (C=O) groups is 1. The summed E-state index contributed by atoms with van der Waals surface area (Å²) >= 11 is 6.02. The molecule has 0 aliphatic carbocycles. The number of ether oxygens (including phenoxy) is 1. The fourth-order valence-electron chi connectivity index (χ4n) is 4.16. The van der Waals surface area contributed by atoms with Gasteiger partial charge in [0.2, 0.25) is 0 Å². The molecule has 3 aromatic carbocycles. The van der Waals surface area contributed by atoms with Gasteiger partial charge >= 0.3 is 0 Å². The number of nitrogens with zero attached hydrogens (tertiary/aromatic N) is 3. The predicted octanol–water partition coefficient (Wildman–Crippen LogP) is 5.66. The average molecular weight is 476 g/mol. The van der Waals surface area contributed by atoms with Crippen LogP contribution in [0.15, 0.2) is 77.6 Å². The molecule has 1 heterocycles. The molecule has 7 heteroatoms. The van der Waals surface area contributed by atoms with Crippen LogP contribution in [0.4, 0.5) is 0 Å². The van der Waals surface area contributed by atoms with Gasteiger partial charge in [0.1, 0.15) is 11.6 Å². The number of hydrogen-bond acceptors (Lipinski definition) is 4. The second kappa shape index (κ2) is 10.1. The van der Waals surface area contributed by atoms with E-state index in [0.717, 1.165) is 0 Å². The fourth-order valence-corrected chi connectivity index (χ4v) is 4.29. The maximum atomic E-state index is 13.7. The molecule has 1 atom stereocenters. The Morgan fingerprint density at radius 1 is 1.03 bits per heavy atom. The first-order chi connectivity index (χ1) is 16.5. The van der Waals surface area contributed by atoms with Gasteiger partial charge < -0.3 is 9.64 Å². The highest BCUT2D eigenvalue weighted by Crippen LogP contribution is 2.28. The van der Waals surface area contributed by atoms with Crippen molar-refractivity contribution < 1.29 is 9.53 Å². The Morgan fingerprint density at radius 2 is 1.71 bits per heavy atom. The molecule has 0 spiro atoms. The number of amides is 1. The van der Waals surface area contributed by atoms with Crippen molar-refractivity contribution in [3.05, 3.63) is 99.6 Å². The number of carbonyl (C=O) groups excluding carboxylic acids is 1. The summed E-state index contributed by atoms with van der Waals surface area (Å²) in [6, 6.07) is 20.9. The molecule has 6 nitrogen and oxygen atoms in total. The van der Waals surface area contributed by atoms with Gasteiger partial charge in [0.15, 0.2) is 0 Å². The van der Waals surface area contributed by atoms with Crippen molar-refractivity contribution >= 4 is 28.4 Å². The Balaban J connectivity index is 1.91. The molecule has 4 aromatic rings. The van der Waals surface area contributed by atoms with E-state index in [1.807, 2.05) is 44.2 Å². The highest BCUT2D eigenvalue weighted by Gasteiger charge is 2.28. The monoisotopic (exact) mass is 475 g/mol. The van der Waals surface area contributed by atoms with Crippen LogP contribution in [0.25, 0.3) is 16.6 Å². The summed E-state index contributed by atoms with van der Waals surface area (Å²) < 4.78 is 6.89. The first-order valence-corrected chi connectivity index (χ1v) is 11.6. The molecule has 0 aliphatic heterocycles. The quantitative estimate of drug-likeness (QED) is 0.346. The molecule has 0 radical (unpaired) electrons. The third kappa shape index (κ3) is 4.41. The maximum absolute atomic E-state index is 13.7. The Kier molecular flexibility index (Phi) is 6.98. The molecule has 174 valence electrons. The number of hydrogen-bond donors (Lipinski definition) is 0. The Hall–Kier alpha value is -3.64. The van der Waals surface area contributed by atoms with E-state index in [-0.39, 0.29) is 11.5 Å². The van der Waals surface area contributed by atoms with Crippen molar-refractivity contribution in [2.75, 3.05) is 13.7 Å². The van der Waals surface area contributed by atoms with Crippen LogP contribution in [0.5, 0.6) is 5.75 Å². The van der Waals surface area contributed by atoms with Crippen LogP contribution in [0.1, 0.15) is 42.5 Å². The van der Waals surface area contributed by atoms with Gasteiger partial charge in [0, 0.05) is 17.1 Å². The summed E-state index contributed by atoms with van der Waals surface area (Å²) in [6.45, 7) is 4.36. The van der Waals surface area contributed by atoms with E-state index in [9.17, 15) is 9.59 Å². The lowest BCUT2D eigenvalue weighted by Gasteiger charge is -2.31. The zero-order chi connectivity index (χ0) is 24.2. The van der Waals surface area contributed by atoms with E-state index < -0.39 is 6.04 Å². The maximum Gasteiger partial charge on any atom is 0.266 e. The molecule has 1 amide bonds. The SMILES string of the molecule is CCC(c1nc2ccccc2c(=O)n1-c1ccc(OC)cc1)N(CC)C(=O)c1ccc(Cl)cc1. The van der Waals surface area contributed by atoms with Crippen LogP contribution in [-0.2, 0) is 0 Å². The van der Waals surface area contributed by atoms with E-state index >= 15 is 0 Å². The zero-order valence-electron chi connectivity index (χ0n) is 19.4. The minimum Gasteiger partial charge on any atom is -0.497 e. The standard InChI is InChI=1S/C27H26ClN3O3/c1-4-24(30(5-2)26(32)18-10-12-19(28)13-11-18)25-29-23-9-7-6-8-22(23)27(33)31(25)20-14-16-21(34-3)17-15-20/h6-17,24H,4-5H2,1-3H3. The van der Waals surface area contributed by atoms with Gasteiger partial charge in [0.25, 0.3) is 11.5 Å². The number of aromatic nitrogens is 2. The summed E-state index contributed by atoms with van der Waals surface area (Å²) in [5.41, 5.74) is 1.61. The van der Waals surface area contributed by atoms with Crippen molar-refractivity contribution in [1.82, 2.24) is 14.5 Å². The summed E-state index contributed by atoms with van der Waals surface area (Å²) in [4.78, 5) is 33.8. The third-order valence-corrected chi connectivity index (χ3v) is 6.14. The first-order valence-electron chi connectivity index (χ1n) is 11.2. The number of rotatable bonds is 7. The lowest BCUT2D eigenvalue weighted by atomic mass is 10.1. The molecule has 0 N–H and O–H groups in total. The third-order valence-electron chi connectivity index (χ3n) is 5.89. The zero-order valence-corrected chi connectivity index (χ0v) is 20.1. The normalized spacial score (nSPS) is 11.9. The van der Waals surface area contributed by atoms with Crippen molar-refractivity contribution in [2.45, 2.75) is 26.3 Å². The summed E-state index contributed by atoms with van der Waals surface area (Å²) in [6.07, 6.45) is 0.577. The average Bonchev–Trinajstić information content (AvgIpc) is 2.87. The van der Waals surface area contributed by atoms with Crippen LogP contribution in [0.3, 0.4) is 0 Å². The van der Waals surface area contributed by atoms with Crippen molar-refractivity contribution in [3.8, 4) is 11.4 Å². The minimum atomic E-state index is -0.424. The number of fused-ring (bicyclic) bond motifs is 1. The lowest BCUT2D eigenvalue weighted by Crippen LogP contribution is -2.38. The molecule has 0 aliphatic rings. The summed E-state index contributed by atoms with van der Waals surface area (Å²) in [5, 5.41) is 1.08. The number of halogens is 1. The van der Waals surface area contributed by atoms with Crippen LogP contribution in [0, 0.1) is 0 Å². The van der Waals surface area contributed by atoms with Crippen molar-refractivity contribution in [2.24, 2.45) is 0 Å². The molecule has 34 heavy (non-hydrogen) atoms.